The lowest BCUT2D eigenvalue weighted by molar-refractivity contribution is -0.133. The number of carbonyl (C=O) groups is 1. The Morgan fingerprint density at radius 3 is 2.56 bits per heavy atom. The predicted octanol–water partition coefficient (Wildman–Crippen LogP) is 0.662. The summed E-state index contributed by atoms with van der Waals surface area (Å²) < 4.78 is 3.16. The van der Waals surface area contributed by atoms with Crippen LogP contribution in [-0.4, -0.2) is 63.3 Å². The Balaban J connectivity index is 1.81. The van der Waals surface area contributed by atoms with E-state index in [9.17, 15) is 9.59 Å². The van der Waals surface area contributed by atoms with Crippen LogP contribution in [0.5, 0.6) is 0 Å². The number of benzene rings is 1. The first-order valence-corrected chi connectivity index (χ1v) is 8.46. The van der Waals surface area contributed by atoms with Crippen LogP contribution in [0, 0.1) is 0 Å². The highest BCUT2D eigenvalue weighted by atomic mass is 16.2. The Morgan fingerprint density at radius 1 is 1.08 bits per heavy atom. The van der Waals surface area contributed by atoms with Gasteiger partial charge in [-0.2, -0.15) is 5.10 Å². The molecule has 0 aliphatic carbocycles. The van der Waals surface area contributed by atoms with Gasteiger partial charge in [0.05, 0.1) is 6.20 Å². The minimum Gasteiger partial charge on any atom is -0.339 e. The second-order valence-electron chi connectivity index (χ2n) is 6.62. The van der Waals surface area contributed by atoms with Crippen LogP contribution < -0.4 is 5.56 Å². The Morgan fingerprint density at radius 2 is 1.80 bits per heavy atom. The number of aromatic nitrogens is 3. The summed E-state index contributed by atoms with van der Waals surface area (Å²) in [5.41, 5.74) is 1.26. The second-order valence-corrected chi connectivity index (χ2v) is 6.62. The molecule has 3 heterocycles. The fourth-order valence-electron chi connectivity index (χ4n) is 3.50. The molecule has 7 heteroatoms. The highest BCUT2D eigenvalue weighted by Gasteiger charge is 2.22. The molecule has 1 aromatic carbocycles. The van der Waals surface area contributed by atoms with Crippen LogP contribution in [0.25, 0.3) is 21.8 Å². The van der Waals surface area contributed by atoms with E-state index in [-0.39, 0.29) is 18.0 Å². The number of aryl methyl sites for hydroxylation is 1. The maximum atomic E-state index is 12.8. The fourth-order valence-corrected chi connectivity index (χ4v) is 3.50. The molecule has 1 aliphatic heterocycles. The number of amides is 1. The molecular formula is C18H21N5O2. The maximum Gasteiger partial charge on any atom is 0.291 e. The molecule has 4 rings (SSSR count). The lowest BCUT2D eigenvalue weighted by Crippen LogP contribution is -2.48. The molecule has 25 heavy (non-hydrogen) atoms. The summed E-state index contributed by atoms with van der Waals surface area (Å²) in [6.07, 6.45) is 1.70. The smallest absolute Gasteiger partial charge is 0.291 e. The molecule has 130 valence electrons. The monoisotopic (exact) mass is 339 g/mol. The number of hydrogen-bond acceptors (Lipinski definition) is 4. The molecule has 0 radical (unpaired) electrons. The van der Waals surface area contributed by atoms with Crippen molar-refractivity contribution in [2.45, 2.75) is 6.54 Å². The van der Waals surface area contributed by atoms with Crippen molar-refractivity contribution in [2.24, 2.45) is 7.05 Å². The number of para-hydroxylation sites is 1. The summed E-state index contributed by atoms with van der Waals surface area (Å²) in [5, 5.41) is 5.89. The van der Waals surface area contributed by atoms with E-state index in [1.807, 2.05) is 33.7 Å². The first-order chi connectivity index (χ1) is 12.1. The van der Waals surface area contributed by atoms with Crippen molar-refractivity contribution in [3.05, 3.63) is 40.8 Å². The first-order valence-electron chi connectivity index (χ1n) is 8.46. The highest BCUT2D eigenvalue weighted by Crippen LogP contribution is 2.26. The maximum absolute atomic E-state index is 12.8. The van der Waals surface area contributed by atoms with Gasteiger partial charge in [-0.05, 0) is 13.1 Å². The van der Waals surface area contributed by atoms with E-state index in [2.05, 4.69) is 17.0 Å². The summed E-state index contributed by atoms with van der Waals surface area (Å²) in [7, 11) is 3.69. The summed E-state index contributed by atoms with van der Waals surface area (Å²) in [6.45, 7) is 3.39. The van der Waals surface area contributed by atoms with Crippen molar-refractivity contribution in [3.8, 4) is 0 Å². The quantitative estimate of drug-likeness (QED) is 0.688. The molecule has 3 aromatic rings. The number of piperazine rings is 1. The van der Waals surface area contributed by atoms with Crippen molar-refractivity contribution < 1.29 is 4.79 Å². The number of carbonyl (C=O) groups excluding carboxylic acids is 1. The van der Waals surface area contributed by atoms with Crippen LogP contribution in [0.3, 0.4) is 0 Å². The molecule has 2 aromatic heterocycles. The third kappa shape index (κ3) is 2.60. The number of rotatable bonds is 2. The number of likely N-dealkylation sites (N-methyl/N-ethyl adjacent to an activating group) is 1. The third-order valence-electron chi connectivity index (χ3n) is 5.02. The van der Waals surface area contributed by atoms with Gasteiger partial charge in [0, 0.05) is 49.5 Å². The minimum absolute atomic E-state index is 0.0506. The molecule has 0 unspecified atom stereocenters. The SMILES string of the molecule is CN1CCN(C(=O)Cn2c3ccccc3c3cnn(C)c(=O)c32)CC1. The van der Waals surface area contributed by atoms with Crippen LogP contribution in [0.1, 0.15) is 0 Å². The van der Waals surface area contributed by atoms with Crippen molar-refractivity contribution >= 4 is 27.7 Å². The summed E-state index contributed by atoms with van der Waals surface area (Å²) in [6, 6.07) is 7.78. The topological polar surface area (TPSA) is 63.4 Å². The zero-order chi connectivity index (χ0) is 17.6. The molecule has 1 fully saturated rings. The molecular weight excluding hydrogens is 318 g/mol. The fraction of sp³-hybridized carbons (Fsp3) is 0.389. The second kappa shape index (κ2) is 6.00. The molecule has 0 atom stereocenters. The van der Waals surface area contributed by atoms with Gasteiger partial charge in [0.15, 0.2) is 0 Å². The summed E-state index contributed by atoms with van der Waals surface area (Å²) in [4.78, 5) is 29.6. The normalized spacial score (nSPS) is 16.0. The van der Waals surface area contributed by atoms with Crippen molar-refractivity contribution in [1.82, 2.24) is 24.1 Å². The molecule has 1 saturated heterocycles. The Kier molecular flexibility index (Phi) is 3.80. The molecule has 0 bridgehead atoms. The van der Waals surface area contributed by atoms with E-state index < -0.39 is 0 Å². The van der Waals surface area contributed by atoms with Crippen LogP contribution in [-0.2, 0) is 18.4 Å². The van der Waals surface area contributed by atoms with Crippen LogP contribution in [0.2, 0.25) is 0 Å². The lowest BCUT2D eigenvalue weighted by atomic mass is 10.2. The van der Waals surface area contributed by atoms with Crippen molar-refractivity contribution in [2.75, 3.05) is 33.2 Å². The van der Waals surface area contributed by atoms with E-state index in [0.717, 1.165) is 42.5 Å². The molecule has 0 spiro atoms. The van der Waals surface area contributed by atoms with Crippen molar-refractivity contribution in [3.63, 3.8) is 0 Å². The number of hydrogen-bond donors (Lipinski definition) is 0. The van der Waals surface area contributed by atoms with Gasteiger partial charge < -0.3 is 14.4 Å². The van der Waals surface area contributed by atoms with Gasteiger partial charge in [-0.3, -0.25) is 9.59 Å². The summed E-state index contributed by atoms with van der Waals surface area (Å²) >= 11 is 0. The van der Waals surface area contributed by atoms with Gasteiger partial charge in [-0.25, -0.2) is 4.68 Å². The zero-order valence-electron chi connectivity index (χ0n) is 14.5. The molecule has 1 amide bonds. The van der Waals surface area contributed by atoms with E-state index >= 15 is 0 Å². The Labute approximate surface area is 145 Å². The molecule has 0 N–H and O–H groups in total. The standard InChI is InChI=1S/C18H21N5O2/c1-20-7-9-22(10-8-20)16(24)12-23-15-6-4-3-5-13(15)14-11-19-21(2)18(25)17(14)23/h3-6,11H,7-10,12H2,1-2H3. The van der Waals surface area contributed by atoms with Gasteiger partial charge in [0.2, 0.25) is 5.91 Å². The van der Waals surface area contributed by atoms with Gasteiger partial charge in [-0.15, -0.1) is 0 Å². The average Bonchev–Trinajstić information content (AvgIpc) is 2.93. The van der Waals surface area contributed by atoms with E-state index in [0.29, 0.717) is 5.52 Å². The van der Waals surface area contributed by atoms with Crippen LogP contribution in [0.15, 0.2) is 35.3 Å². The van der Waals surface area contributed by atoms with Gasteiger partial charge in [0.1, 0.15) is 12.1 Å². The lowest BCUT2D eigenvalue weighted by Gasteiger charge is -2.32. The van der Waals surface area contributed by atoms with E-state index in [1.54, 1.807) is 13.2 Å². The Hall–Kier alpha value is -2.67. The number of nitrogens with zero attached hydrogens (tertiary/aromatic N) is 5. The van der Waals surface area contributed by atoms with Crippen LogP contribution >= 0.6 is 0 Å². The van der Waals surface area contributed by atoms with E-state index in [1.165, 1.54) is 4.68 Å². The van der Waals surface area contributed by atoms with Gasteiger partial charge in [0.25, 0.3) is 5.56 Å². The summed E-state index contributed by atoms with van der Waals surface area (Å²) in [5.74, 6) is 0.0506. The first kappa shape index (κ1) is 15.8. The largest absolute Gasteiger partial charge is 0.339 e. The Bertz CT molecular complexity index is 1010. The van der Waals surface area contributed by atoms with E-state index in [4.69, 9.17) is 0 Å². The minimum atomic E-state index is -0.181. The van der Waals surface area contributed by atoms with Crippen LogP contribution in [0.4, 0.5) is 0 Å². The van der Waals surface area contributed by atoms with Crippen molar-refractivity contribution in [1.29, 1.82) is 0 Å². The van der Waals surface area contributed by atoms with Gasteiger partial charge in [-0.1, -0.05) is 18.2 Å². The highest BCUT2D eigenvalue weighted by molar-refractivity contribution is 6.07. The predicted molar refractivity (Wildman–Crippen MR) is 96.6 cm³/mol. The average molecular weight is 339 g/mol. The molecule has 7 nitrogen and oxygen atoms in total. The molecule has 0 saturated carbocycles. The molecule has 1 aliphatic rings. The zero-order valence-corrected chi connectivity index (χ0v) is 14.5. The van der Waals surface area contributed by atoms with Gasteiger partial charge >= 0.3 is 0 Å². The third-order valence-corrected chi connectivity index (χ3v) is 5.02. The number of fused-ring (bicyclic) bond motifs is 3.